The first kappa shape index (κ1) is 9.60. The van der Waals surface area contributed by atoms with Gasteiger partial charge in [0.05, 0.1) is 0 Å². The zero-order chi connectivity index (χ0) is 6.69. The first-order chi connectivity index (χ1) is 4.34. The van der Waals surface area contributed by atoms with E-state index >= 15 is 0 Å². The molecule has 10 heavy (non-hydrogen) atoms. The summed E-state index contributed by atoms with van der Waals surface area (Å²) in [5.41, 5.74) is 7.32. The molecule has 0 aromatic heterocycles. The first-order valence-corrected chi connectivity index (χ1v) is 3.27. The van der Waals surface area contributed by atoms with Gasteiger partial charge in [-0.15, -0.1) is 24.0 Å². The van der Waals surface area contributed by atoms with Crippen LogP contribution in [0.25, 0.3) is 0 Å². The lowest BCUT2D eigenvalue weighted by molar-refractivity contribution is 1.41. The second-order valence-electron chi connectivity index (χ2n) is 1.83. The summed E-state index contributed by atoms with van der Waals surface area (Å²) < 4.78 is 0. The summed E-state index contributed by atoms with van der Waals surface area (Å²) in [5, 5.41) is 0. The van der Waals surface area contributed by atoms with Crippen LogP contribution >= 0.6 is 24.0 Å². The summed E-state index contributed by atoms with van der Waals surface area (Å²) in [6.45, 7) is 0. The van der Waals surface area contributed by atoms with Crippen molar-refractivity contribution in [2.75, 3.05) is 5.73 Å². The van der Waals surface area contributed by atoms with Gasteiger partial charge in [0.25, 0.3) is 0 Å². The molecule has 1 aromatic carbocycles. The van der Waals surface area contributed by atoms with Crippen LogP contribution in [0.4, 0.5) is 5.69 Å². The Morgan fingerprint density at radius 2 is 1.90 bits per heavy atom. The maximum atomic E-state index is 5.55. The van der Waals surface area contributed by atoms with Crippen LogP contribution in [0.1, 0.15) is 5.56 Å². The summed E-state index contributed by atoms with van der Waals surface area (Å²) in [5.74, 6) is 0.493. The third-order valence-electron chi connectivity index (χ3n) is 1.20. The van der Waals surface area contributed by atoms with Crippen molar-refractivity contribution in [1.29, 1.82) is 0 Å². The summed E-state index contributed by atoms with van der Waals surface area (Å²) in [6.07, 6.45) is 0. The van der Waals surface area contributed by atoms with E-state index in [4.69, 9.17) is 17.3 Å². The zero-order valence-corrected chi connectivity index (χ0v) is 6.95. The van der Waals surface area contributed by atoms with Crippen molar-refractivity contribution in [2.45, 2.75) is 5.88 Å². The van der Waals surface area contributed by atoms with Gasteiger partial charge in [-0.3, -0.25) is 0 Å². The number of hydrogen-bond donors (Lipinski definition) is 1. The van der Waals surface area contributed by atoms with E-state index in [1.807, 2.05) is 24.3 Å². The molecule has 1 rings (SSSR count). The van der Waals surface area contributed by atoms with Gasteiger partial charge in [0, 0.05) is 11.6 Å². The first-order valence-electron chi connectivity index (χ1n) is 2.74. The topological polar surface area (TPSA) is 26.0 Å². The zero-order valence-electron chi connectivity index (χ0n) is 5.38. The SMILES string of the molecule is Cl.Nc1ccccc1CCl. The Hall–Kier alpha value is -0.400. The van der Waals surface area contributed by atoms with Crippen LogP contribution in [0.2, 0.25) is 0 Å². The molecule has 0 atom stereocenters. The molecule has 1 nitrogen and oxygen atoms in total. The summed E-state index contributed by atoms with van der Waals surface area (Å²) in [7, 11) is 0. The van der Waals surface area contributed by atoms with Crippen LogP contribution in [-0.2, 0) is 5.88 Å². The van der Waals surface area contributed by atoms with Gasteiger partial charge in [-0.25, -0.2) is 0 Å². The lowest BCUT2D eigenvalue weighted by atomic mass is 10.2. The quantitative estimate of drug-likeness (QED) is 0.518. The molecule has 1 aromatic rings. The van der Waals surface area contributed by atoms with Gasteiger partial charge in [-0.05, 0) is 11.6 Å². The van der Waals surface area contributed by atoms with Crippen molar-refractivity contribution in [2.24, 2.45) is 0 Å². The second-order valence-corrected chi connectivity index (χ2v) is 2.10. The molecule has 0 unspecified atom stereocenters. The minimum Gasteiger partial charge on any atom is -0.398 e. The van der Waals surface area contributed by atoms with Crippen molar-refractivity contribution in [3.8, 4) is 0 Å². The van der Waals surface area contributed by atoms with Gasteiger partial charge in [0.15, 0.2) is 0 Å². The number of nitrogens with two attached hydrogens (primary N) is 1. The van der Waals surface area contributed by atoms with Gasteiger partial charge in [0.2, 0.25) is 0 Å². The minimum atomic E-state index is 0. The highest BCUT2D eigenvalue weighted by atomic mass is 35.5. The van der Waals surface area contributed by atoms with Gasteiger partial charge >= 0.3 is 0 Å². The molecule has 0 saturated heterocycles. The van der Waals surface area contributed by atoms with Gasteiger partial charge in [-0.2, -0.15) is 0 Å². The summed E-state index contributed by atoms with van der Waals surface area (Å²) >= 11 is 5.55. The summed E-state index contributed by atoms with van der Waals surface area (Å²) in [4.78, 5) is 0. The van der Waals surface area contributed by atoms with Crippen molar-refractivity contribution >= 4 is 29.7 Å². The number of benzene rings is 1. The number of nitrogen functional groups attached to an aromatic ring is 1. The van der Waals surface area contributed by atoms with E-state index in [9.17, 15) is 0 Å². The number of para-hydroxylation sites is 1. The Bertz CT molecular complexity index is 201. The molecule has 0 aliphatic rings. The van der Waals surface area contributed by atoms with Crippen LogP contribution < -0.4 is 5.73 Å². The molecule has 3 heteroatoms. The fraction of sp³-hybridized carbons (Fsp3) is 0.143. The molecule has 0 amide bonds. The third-order valence-corrected chi connectivity index (χ3v) is 1.49. The van der Waals surface area contributed by atoms with Crippen LogP contribution in [0, 0.1) is 0 Å². The fourth-order valence-electron chi connectivity index (χ4n) is 0.656. The van der Waals surface area contributed by atoms with Crippen LogP contribution in [-0.4, -0.2) is 0 Å². The number of rotatable bonds is 1. The van der Waals surface area contributed by atoms with Gasteiger partial charge in [0.1, 0.15) is 0 Å². The Kier molecular flexibility index (Phi) is 4.24. The van der Waals surface area contributed by atoms with E-state index in [0.29, 0.717) is 5.88 Å². The molecule has 0 bridgehead atoms. The Morgan fingerprint density at radius 3 is 2.30 bits per heavy atom. The molecule has 0 aliphatic heterocycles. The van der Waals surface area contributed by atoms with E-state index < -0.39 is 0 Å². The van der Waals surface area contributed by atoms with E-state index in [1.54, 1.807) is 0 Å². The fourth-order valence-corrected chi connectivity index (χ4v) is 0.899. The lowest BCUT2D eigenvalue weighted by Crippen LogP contribution is -1.89. The molecule has 0 radical (unpaired) electrons. The largest absolute Gasteiger partial charge is 0.398 e. The molecule has 0 aliphatic carbocycles. The van der Waals surface area contributed by atoms with Gasteiger partial charge in [-0.1, -0.05) is 18.2 Å². The number of hydrogen-bond acceptors (Lipinski definition) is 1. The normalized spacial score (nSPS) is 8.50. The Balaban J connectivity index is 0.000000810. The Labute approximate surface area is 71.6 Å². The third kappa shape index (κ3) is 2.09. The number of halogens is 2. The molecule has 0 saturated carbocycles. The highest BCUT2D eigenvalue weighted by Crippen LogP contribution is 2.11. The summed E-state index contributed by atoms with van der Waals surface area (Å²) in [6, 6.07) is 7.58. The highest BCUT2D eigenvalue weighted by Gasteiger charge is 1.91. The minimum absolute atomic E-state index is 0. The van der Waals surface area contributed by atoms with Crippen LogP contribution in [0.5, 0.6) is 0 Å². The molecular weight excluding hydrogens is 169 g/mol. The van der Waals surface area contributed by atoms with Crippen LogP contribution in [0.15, 0.2) is 24.3 Å². The standard InChI is InChI=1S/C7H8ClN.ClH/c8-5-6-3-1-2-4-7(6)9;/h1-4H,5,9H2;1H. The second kappa shape index (κ2) is 4.42. The van der Waals surface area contributed by atoms with Crippen molar-refractivity contribution in [3.63, 3.8) is 0 Å². The van der Waals surface area contributed by atoms with E-state index in [2.05, 4.69) is 0 Å². The maximum Gasteiger partial charge on any atom is 0.0494 e. The highest BCUT2D eigenvalue weighted by molar-refractivity contribution is 6.17. The van der Waals surface area contributed by atoms with E-state index in [1.165, 1.54) is 0 Å². The number of alkyl halides is 1. The molecule has 0 heterocycles. The predicted octanol–water partition coefficient (Wildman–Crippen LogP) is 2.43. The maximum absolute atomic E-state index is 5.55. The molecule has 0 spiro atoms. The lowest BCUT2D eigenvalue weighted by Gasteiger charge is -1.97. The smallest absolute Gasteiger partial charge is 0.0494 e. The van der Waals surface area contributed by atoms with Crippen LogP contribution in [0.3, 0.4) is 0 Å². The van der Waals surface area contributed by atoms with Gasteiger partial charge < -0.3 is 5.73 Å². The Morgan fingerprint density at radius 1 is 1.30 bits per heavy atom. The van der Waals surface area contributed by atoms with Crippen molar-refractivity contribution < 1.29 is 0 Å². The molecule has 56 valence electrons. The average Bonchev–Trinajstić information content (AvgIpc) is 1.89. The molecular formula is C7H9Cl2N. The van der Waals surface area contributed by atoms with Crippen molar-refractivity contribution in [3.05, 3.63) is 29.8 Å². The predicted molar refractivity (Wildman–Crippen MR) is 47.7 cm³/mol. The number of anilines is 1. The van der Waals surface area contributed by atoms with E-state index in [-0.39, 0.29) is 12.4 Å². The van der Waals surface area contributed by atoms with Crippen molar-refractivity contribution in [1.82, 2.24) is 0 Å². The van der Waals surface area contributed by atoms with E-state index in [0.717, 1.165) is 11.3 Å². The molecule has 0 fully saturated rings. The average molecular weight is 178 g/mol. The monoisotopic (exact) mass is 177 g/mol. The molecule has 2 N–H and O–H groups in total.